The number of rotatable bonds is 10. The normalized spacial score (nSPS) is 15.5. The molecule has 0 aromatic heterocycles. The first-order chi connectivity index (χ1) is 13.6. The first-order valence-corrected chi connectivity index (χ1v) is 10.5. The summed E-state index contributed by atoms with van der Waals surface area (Å²) >= 11 is 0. The van der Waals surface area contributed by atoms with Crippen molar-refractivity contribution < 1.29 is 14.3 Å². The van der Waals surface area contributed by atoms with Gasteiger partial charge in [0.05, 0.1) is 7.11 Å². The van der Waals surface area contributed by atoms with Crippen molar-refractivity contribution in [3.63, 3.8) is 0 Å². The zero-order valence-electron chi connectivity index (χ0n) is 17.3. The van der Waals surface area contributed by atoms with Crippen molar-refractivity contribution in [1.82, 2.24) is 16.0 Å². The van der Waals surface area contributed by atoms with Crippen LogP contribution in [0, 0.1) is 0 Å². The molecular formula is C22H35N3O3. The lowest BCUT2D eigenvalue weighted by Gasteiger charge is -2.22. The van der Waals surface area contributed by atoms with E-state index in [0.29, 0.717) is 25.4 Å². The van der Waals surface area contributed by atoms with Gasteiger partial charge in [-0.3, -0.25) is 4.79 Å². The van der Waals surface area contributed by atoms with E-state index in [2.05, 4.69) is 28.1 Å². The Kier molecular flexibility index (Phi) is 9.66. The smallest absolute Gasteiger partial charge is 0.315 e. The number of nitrogens with one attached hydrogen (secondary N) is 3. The van der Waals surface area contributed by atoms with E-state index in [0.717, 1.165) is 31.4 Å². The van der Waals surface area contributed by atoms with Gasteiger partial charge in [-0.1, -0.05) is 31.4 Å². The van der Waals surface area contributed by atoms with Crippen molar-refractivity contribution in [1.29, 1.82) is 0 Å². The summed E-state index contributed by atoms with van der Waals surface area (Å²) in [6, 6.07) is 8.34. The summed E-state index contributed by atoms with van der Waals surface area (Å²) in [6.07, 6.45) is 8.69. The Morgan fingerprint density at radius 3 is 2.54 bits per heavy atom. The van der Waals surface area contributed by atoms with E-state index in [9.17, 15) is 9.59 Å². The maximum atomic E-state index is 12.1. The molecule has 1 aromatic carbocycles. The lowest BCUT2D eigenvalue weighted by molar-refractivity contribution is -0.121. The number of urea groups is 1. The van der Waals surface area contributed by atoms with Crippen LogP contribution in [-0.4, -0.2) is 37.7 Å². The zero-order chi connectivity index (χ0) is 20.2. The standard InChI is InChI=1S/C22H35N3O3/c1-17(10-11-18-12-14-20(28-2)15-13-18)24-21(26)9-6-16-23-22(27)25-19-7-4-3-5-8-19/h12-15,17,19H,3-11,16H2,1-2H3,(H,24,26)(H2,23,25,27). The molecule has 6 nitrogen and oxygen atoms in total. The second-order valence-corrected chi connectivity index (χ2v) is 7.69. The lowest BCUT2D eigenvalue weighted by Crippen LogP contribution is -2.43. The molecule has 6 heteroatoms. The fraction of sp³-hybridized carbons (Fsp3) is 0.636. The van der Waals surface area contributed by atoms with Crippen LogP contribution in [0.4, 0.5) is 4.79 Å². The zero-order valence-corrected chi connectivity index (χ0v) is 17.3. The van der Waals surface area contributed by atoms with E-state index in [1.165, 1.54) is 24.8 Å². The molecule has 1 aromatic rings. The second-order valence-electron chi connectivity index (χ2n) is 7.69. The van der Waals surface area contributed by atoms with Crippen molar-refractivity contribution in [2.24, 2.45) is 0 Å². The minimum Gasteiger partial charge on any atom is -0.497 e. The topological polar surface area (TPSA) is 79.5 Å². The molecule has 1 atom stereocenters. The van der Waals surface area contributed by atoms with Crippen LogP contribution >= 0.6 is 0 Å². The van der Waals surface area contributed by atoms with E-state index < -0.39 is 0 Å². The molecule has 0 bridgehead atoms. The van der Waals surface area contributed by atoms with Crippen molar-refractivity contribution in [3.8, 4) is 5.75 Å². The highest BCUT2D eigenvalue weighted by atomic mass is 16.5. The summed E-state index contributed by atoms with van der Waals surface area (Å²) in [5, 5.41) is 8.91. The summed E-state index contributed by atoms with van der Waals surface area (Å²) in [5.74, 6) is 0.892. The Bertz CT molecular complexity index is 598. The summed E-state index contributed by atoms with van der Waals surface area (Å²) in [7, 11) is 1.66. The highest BCUT2D eigenvalue weighted by molar-refractivity contribution is 5.76. The molecule has 0 radical (unpaired) electrons. The van der Waals surface area contributed by atoms with Gasteiger partial charge in [0.2, 0.25) is 5.91 Å². The minimum absolute atomic E-state index is 0.0386. The van der Waals surface area contributed by atoms with Crippen LogP contribution in [0.2, 0.25) is 0 Å². The molecule has 0 heterocycles. The van der Waals surface area contributed by atoms with E-state index in [-0.39, 0.29) is 18.0 Å². The maximum Gasteiger partial charge on any atom is 0.315 e. The van der Waals surface area contributed by atoms with Crippen LogP contribution in [0.1, 0.15) is 63.9 Å². The van der Waals surface area contributed by atoms with Gasteiger partial charge >= 0.3 is 6.03 Å². The van der Waals surface area contributed by atoms with Gasteiger partial charge < -0.3 is 20.7 Å². The van der Waals surface area contributed by atoms with Crippen molar-refractivity contribution in [2.75, 3.05) is 13.7 Å². The number of hydrogen-bond acceptors (Lipinski definition) is 3. The van der Waals surface area contributed by atoms with E-state index in [4.69, 9.17) is 4.74 Å². The van der Waals surface area contributed by atoms with Gasteiger partial charge in [0.25, 0.3) is 0 Å². The average Bonchev–Trinajstić information content (AvgIpc) is 2.71. The third-order valence-corrected chi connectivity index (χ3v) is 5.24. The largest absolute Gasteiger partial charge is 0.497 e. The number of carbonyl (C=O) groups excluding carboxylic acids is 2. The Morgan fingerprint density at radius 2 is 1.86 bits per heavy atom. The third-order valence-electron chi connectivity index (χ3n) is 5.24. The fourth-order valence-electron chi connectivity index (χ4n) is 3.53. The van der Waals surface area contributed by atoms with Crippen LogP contribution in [0.3, 0.4) is 0 Å². The first-order valence-electron chi connectivity index (χ1n) is 10.5. The molecular weight excluding hydrogens is 354 g/mol. The molecule has 3 amide bonds. The highest BCUT2D eigenvalue weighted by Gasteiger charge is 2.15. The molecule has 1 unspecified atom stereocenters. The van der Waals surface area contributed by atoms with Gasteiger partial charge in [0, 0.05) is 25.0 Å². The Hall–Kier alpha value is -2.24. The van der Waals surface area contributed by atoms with Crippen LogP contribution in [0.5, 0.6) is 5.75 Å². The van der Waals surface area contributed by atoms with Gasteiger partial charge in [-0.05, 0) is 56.7 Å². The fourth-order valence-corrected chi connectivity index (χ4v) is 3.53. The van der Waals surface area contributed by atoms with Crippen LogP contribution in [-0.2, 0) is 11.2 Å². The molecule has 1 aliphatic carbocycles. The summed E-state index contributed by atoms with van der Waals surface area (Å²) in [4.78, 5) is 23.9. The number of carbonyl (C=O) groups is 2. The quantitative estimate of drug-likeness (QED) is 0.536. The predicted octanol–water partition coefficient (Wildman–Crippen LogP) is 3.54. The Balaban J connectivity index is 1.52. The lowest BCUT2D eigenvalue weighted by atomic mass is 9.96. The molecule has 0 aliphatic heterocycles. The first kappa shape index (κ1) is 22.1. The van der Waals surface area contributed by atoms with Gasteiger partial charge in [0.1, 0.15) is 5.75 Å². The molecule has 3 N–H and O–H groups in total. The van der Waals surface area contributed by atoms with Gasteiger partial charge in [-0.2, -0.15) is 0 Å². The number of benzene rings is 1. The molecule has 28 heavy (non-hydrogen) atoms. The molecule has 0 saturated heterocycles. The van der Waals surface area contributed by atoms with E-state index >= 15 is 0 Å². The molecule has 2 rings (SSSR count). The van der Waals surface area contributed by atoms with E-state index in [1.807, 2.05) is 19.1 Å². The average molecular weight is 390 g/mol. The molecule has 1 saturated carbocycles. The van der Waals surface area contributed by atoms with E-state index in [1.54, 1.807) is 7.11 Å². The Labute approximate surface area is 168 Å². The molecule has 0 spiro atoms. The molecule has 1 fully saturated rings. The van der Waals surface area contributed by atoms with Crippen LogP contribution in [0.15, 0.2) is 24.3 Å². The van der Waals surface area contributed by atoms with Crippen molar-refractivity contribution in [3.05, 3.63) is 29.8 Å². The number of aryl methyl sites for hydroxylation is 1. The summed E-state index contributed by atoms with van der Waals surface area (Å²) < 4.78 is 5.16. The number of hydrogen-bond donors (Lipinski definition) is 3. The van der Waals surface area contributed by atoms with Gasteiger partial charge in [-0.25, -0.2) is 4.79 Å². The van der Waals surface area contributed by atoms with Crippen LogP contribution in [0.25, 0.3) is 0 Å². The van der Waals surface area contributed by atoms with Gasteiger partial charge in [-0.15, -0.1) is 0 Å². The van der Waals surface area contributed by atoms with Crippen molar-refractivity contribution >= 4 is 11.9 Å². The SMILES string of the molecule is COc1ccc(CCC(C)NC(=O)CCCNC(=O)NC2CCCCC2)cc1. The molecule has 156 valence electrons. The van der Waals surface area contributed by atoms with Crippen molar-refractivity contribution in [2.45, 2.75) is 76.8 Å². The molecule has 1 aliphatic rings. The van der Waals surface area contributed by atoms with Crippen LogP contribution < -0.4 is 20.7 Å². The summed E-state index contributed by atoms with van der Waals surface area (Å²) in [6.45, 7) is 2.55. The third kappa shape index (κ3) is 8.63. The maximum absolute atomic E-state index is 12.1. The summed E-state index contributed by atoms with van der Waals surface area (Å²) in [5.41, 5.74) is 1.23. The number of methoxy groups -OCH3 is 1. The second kappa shape index (κ2) is 12.3. The number of amides is 3. The minimum atomic E-state index is -0.111. The highest BCUT2D eigenvalue weighted by Crippen LogP contribution is 2.17. The Morgan fingerprint density at radius 1 is 1.14 bits per heavy atom. The van der Waals surface area contributed by atoms with Gasteiger partial charge in [0.15, 0.2) is 0 Å². The predicted molar refractivity (Wildman–Crippen MR) is 112 cm³/mol. The monoisotopic (exact) mass is 389 g/mol. The number of ether oxygens (including phenoxy) is 1.